The van der Waals surface area contributed by atoms with Gasteiger partial charge < -0.3 is 20.9 Å². The maximum atomic E-state index is 5.09. The Morgan fingerprint density at radius 3 is 0.941 bits per heavy atom. The first-order chi connectivity index (χ1) is 6.83. The van der Waals surface area contributed by atoms with Gasteiger partial charge in [-0.15, -0.1) is 0 Å². The number of hydrogen-bond donors (Lipinski definition) is 2. The number of rotatable bonds is 0. The molecule has 0 aliphatic carbocycles. The molecule has 0 aliphatic heterocycles. The van der Waals surface area contributed by atoms with Crippen molar-refractivity contribution in [1.29, 1.82) is 0 Å². The van der Waals surface area contributed by atoms with Gasteiger partial charge in [-0.1, -0.05) is 0 Å². The quantitative estimate of drug-likeness (QED) is 0.524. The molecule has 0 amide bonds. The molecule has 0 fully saturated rings. The molecule has 0 aromatic rings. The van der Waals surface area contributed by atoms with E-state index in [9.17, 15) is 0 Å². The topological polar surface area (TPSA) is 70.5 Å². The molecule has 0 unspecified atom stereocenters. The molecule has 107 valence electrons. The van der Waals surface area contributed by atoms with Gasteiger partial charge in [0.25, 0.3) is 10.3 Å². The van der Waals surface area contributed by atoms with Gasteiger partial charge in [0.15, 0.2) is 0 Å². The Kier molecular flexibility index (Phi) is 11.6. The Bertz CT molecular complexity index is 222. The minimum absolute atomic E-state index is 0. The van der Waals surface area contributed by atoms with Gasteiger partial charge >= 0.3 is 0 Å². The summed E-state index contributed by atoms with van der Waals surface area (Å²) in [5.74, 6) is 0. The van der Waals surface area contributed by atoms with E-state index in [-0.39, 0.29) is 38.6 Å². The van der Waals surface area contributed by atoms with E-state index < -0.39 is 0 Å². The van der Waals surface area contributed by atoms with E-state index in [1.807, 2.05) is 41.5 Å². The molecule has 0 heterocycles. The minimum atomic E-state index is -0.244. The molecule has 0 aromatic heterocycles. The van der Waals surface area contributed by atoms with Crippen LogP contribution in [0.2, 0.25) is 0 Å². The third-order valence-electron chi connectivity index (χ3n) is 0.814. The molecule has 0 atom stereocenters. The van der Waals surface area contributed by atoms with Crippen LogP contribution in [0.15, 0.2) is 0 Å². The van der Waals surface area contributed by atoms with E-state index in [2.05, 4.69) is 24.4 Å². The summed E-state index contributed by atoms with van der Waals surface area (Å²) in [7, 11) is 0. The van der Waals surface area contributed by atoms with Crippen LogP contribution in [0.4, 0.5) is 0 Å². The van der Waals surface area contributed by atoms with Gasteiger partial charge in [0.2, 0.25) is 0 Å². The maximum absolute atomic E-state index is 5.09. The monoisotopic (exact) mass is 329 g/mol. The summed E-state index contributed by atoms with van der Waals surface area (Å²) in [6, 6.07) is 0. The average molecular weight is 330 g/mol. The van der Waals surface area contributed by atoms with Crippen LogP contribution in [0.25, 0.3) is 0 Å². The molecule has 0 aromatic carbocycles. The molecule has 17 heavy (non-hydrogen) atoms. The van der Waals surface area contributed by atoms with Crippen LogP contribution in [0.5, 0.6) is 0 Å². The summed E-state index contributed by atoms with van der Waals surface area (Å²) in [6.45, 7) is 11.4. The van der Waals surface area contributed by atoms with E-state index in [4.69, 9.17) is 20.9 Å². The second-order valence-corrected chi connectivity index (χ2v) is 5.87. The van der Waals surface area contributed by atoms with Gasteiger partial charge in [0.1, 0.15) is 11.2 Å². The number of ether oxygens (including phenoxy) is 2. The van der Waals surface area contributed by atoms with Crippen LogP contribution < -0.4 is 11.5 Å². The van der Waals surface area contributed by atoms with Crippen LogP contribution in [-0.2, 0) is 26.5 Å². The third kappa shape index (κ3) is 31.3. The molecule has 0 saturated carbocycles. The van der Waals surface area contributed by atoms with E-state index in [1.165, 1.54) is 0 Å². The van der Waals surface area contributed by atoms with Gasteiger partial charge in [0.05, 0.1) is 0 Å². The van der Waals surface area contributed by atoms with E-state index in [0.29, 0.717) is 0 Å². The van der Waals surface area contributed by atoms with Gasteiger partial charge in [-0.05, 0) is 66.0 Å². The minimum Gasteiger partial charge on any atom is -0.465 e. The predicted molar refractivity (Wildman–Crippen MR) is 75.2 cm³/mol. The van der Waals surface area contributed by atoms with Crippen molar-refractivity contribution in [2.75, 3.05) is 0 Å². The number of nitrogens with two attached hydrogens (primary N) is 2. The van der Waals surface area contributed by atoms with Gasteiger partial charge in [-0.3, -0.25) is 0 Å². The molecular weight excluding hydrogens is 308 g/mol. The first kappa shape index (κ1) is 22.1. The Hall–Kier alpha value is -0.101. The fraction of sp³-hybridized carbons (Fsp3) is 0.800. The molecule has 0 saturated heterocycles. The second kappa shape index (κ2) is 8.91. The maximum Gasteiger partial charge on any atom is 0.254 e. The van der Waals surface area contributed by atoms with Crippen molar-refractivity contribution < 1.29 is 26.5 Å². The Morgan fingerprint density at radius 1 is 0.765 bits per heavy atom. The van der Waals surface area contributed by atoms with Crippen molar-refractivity contribution in [1.82, 2.24) is 0 Å². The molecule has 0 spiro atoms. The fourth-order valence-corrected chi connectivity index (χ4v) is 1.10. The summed E-state index contributed by atoms with van der Waals surface area (Å²) in [6.07, 6.45) is 0. The van der Waals surface area contributed by atoms with Gasteiger partial charge in [-0.2, -0.15) is 0 Å². The van der Waals surface area contributed by atoms with Crippen LogP contribution in [0.3, 0.4) is 0 Å². The molecule has 0 aliphatic rings. The smallest absolute Gasteiger partial charge is 0.254 e. The third-order valence-corrected chi connectivity index (χ3v) is 0.980. The van der Waals surface area contributed by atoms with E-state index in [0.717, 1.165) is 0 Å². The molecule has 0 rings (SSSR count). The van der Waals surface area contributed by atoms with Crippen molar-refractivity contribution >= 4 is 34.8 Å². The standard InChI is InChI=1S/2C5H11NOS.Cu/c2*1-5(2,3)7-4(6)8;/h2*1-3H3,(H2,6,8);. The van der Waals surface area contributed by atoms with Crippen molar-refractivity contribution in [2.24, 2.45) is 11.5 Å². The summed E-state index contributed by atoms with van der Waals surface area (Å²) in [4.78, 5) is 0. The average Bonchev–Trinajstić information content (AvgIpc) is 1.72. The zero-order valence-corrected chi connectivity index (χ0v) is 13.7. The van der Waals surface area contributed by atoms with Crippen LogP contribution in [0.1, 0.15) is 41.5 Å². The van der Waals surface area contributed by atoms with Crippen molar-refractivity contribution in [3.63, 3.8) is 0 Å². The largest absolute Gasteiger partial charge is 0.465 e. The first-order valence-electron chi connectivity index (χ1n) is 4.80. The number of thiocarbonyl (C=S) groups is 2. The molecule has 7 heteroatoms. The molecular formula is C10H22CuN2O2S2. The zero-order chi connectivity index (χ0) is 13.6. The van der Waals surface area contributed by atoms with Crippen molar-refractivity contribution in [3.05, 3.63) is 0 Å². The molecule has 1 radical (unpaired) electrons. The first-order valence-corrected chi connectivity index (χ1v) is 5.62. The van der Waals surface area contributed by atoms with Gasteiger partial charge in [-0.25, -0.2) is 0 Å². The Morgan fingerprint density at radius 2 is 0.941 bits per heavy atom. The van der Waals surface area contributed by atoms with E-state index >= 15 is 0 Å². The second-order valence-electron chi connectivity index (χ2n) is 5.07. The molecule has 0 bridgehead atoms. The predicted octanol–water partition coefficient (Wildman–Crippen LogP) is 2.09. The van der Waals surface area contributed by atoms with Crippen molar-refractivity contribution in [2.45, 2.75) is 52.7 Å². The SMILES string of the molecule is CC(C)(C)OC(N)=S.CC(C)(C)OC(N)=S.[Cu]. The number of hydrogen-bond acceptors (Lipinski definition) is 4. The normalized spacial score (nSPS) is 10.2. The van der Waals surface area contributed by atoms with E-state index in [1.54, 1.807) is 0 Å². The summed E-state index contributed by atoms with van der Waals surface area (Å²) < 4.78 is 9.89. The summed E-state index contributed by atoms with van der Waals surface area (Å²) >= 11 is 9.00. The Balaban J connectivity index is -0.000000218. The van der Waals surface area contributed by atoms with Crippen molar-refractivity contribution in [3.8, 4) is 0 Å². The zero-order valence-electron chi connectivity index (χ0n) is 11.1. The summed E-state index contributed by atoms with van der Waals surface area (Å²) in [5.41, 5.74) is 9.69. The van der Waals surface area contributed by atoms with Crippen LogP contribution >= 0.6 is 24.4 Å². The van der Waals surface area contributed by atoms with Gasteiger partial charge in [0, 0.05) is 17.1 Å². The molecule has 4 nitrogen and oxygen atoms in total. The summed E-state index contributed by atoms with van der Waals surface area (Å²) in [5, 5.41) is 0.218. The fourth-order valence-electron chi connectivity index (χ4n) is 0.604. The Labute approximate surface area is 125 Å². The molecule has 4 N–H and O–H groups in total. The van der Waals surface area contributed by atoms with Crippen LogP contribution in [-0.4, -0.2) is 21.6 Å². The van der Waals surface area contributed by atoms with Crippen LogP contribution in [0, 0.1) is 0 Å².